The monoisotopic (exact) mass is 1030 g/mol. The number of nitrogens with zero attached hydrogens (tertiary/aromatic N) is 3. The van der Waals surface area contributed by atoms with Crippen molar-refractivity contribution in [3.63, 3.8) is 0 Å². The molecule has 3 fully saturated rings. The van der Waals surface area contributed by atoms with E-state index in [-0.39, 0.29) is 17.2 Å². The van der Waals surface area contributed by atoms with E-state index in [4.69, 9.17) is 33.8 Å². The Morgan fingerprint density at radius 3 is 0.904 bits per heavy atom. The summed E-state index contributed by atoms with van der Waals surface area (Å²) >= 11 is 0. The third-order valence-corrected chi connectivity index (χ3v) is 12.8. The molecule has 0 aliphatic carbocycles. The van der Waals surface area contributed by atoms with Crippen molar-refractivity contribution < 1.29 is 92.8 Å². The molecular formula is C54H83N3O16. The second-order valence-corrected chi connectivity index (χ2v) is 18.9. The Balaban J connectivity index is 0.000000260. The van der Waals surface area contributed by atoms with Crippen molar-refractivity contribution in [2.24, 2.45) is 0 Å². The Kier molecular flexibility index (Phi) is 28.3. The maximum atomic E-state index is 10.1. The normalized spacial score (nSPS) is 16.6. The number of benzene rings is 3. The lowest BCUT2D eigenvalue weighted by atomic mass is 9.96. The molecule has 0 radical (unpaired) electrons. The zero-order valence-electron chi connectivity index (χ0n) is 43.5. The molecule has 0 atom stereocenters. The minimum absolute atomic E-state index is 0.272. The van der Waals surface area contributed by atoms with Crippen LogP contribution in [0.15, 0.2) is 72.8 Å². The molecule has 3 saturated heterocycles. The highest BCUT2D eigenvalue weighted by atomic mass is 16.7. The number of rotatable bonds is 26. The van der Waals surface area contributed by atoms with Gasteiger partial charge in [-0.3, -0.25) is 0 Å². The number of phenolic OH excluding ortho intramolecular Hbond substituents is 3. The second-order valence-electron chi connectivity index (χ2n) is 18.9. The molecule has 4 N–H and O–H groups in total. The highest BCUT2D eigenvalue weighted by molar-refractivity contribution is 5.86. The lowest BCUT2D eigenvalue weighted by Gasteiger charge is -2.38. The molecule has 0 aromatic heterocycles. The fourth-order valence-electron chi connectivity index (χ4n) is 8.47. The number of ether oxygens (including phenoxy) is 3. The summed E-state index contributed by atoms with van der Waals surface area (Å²) in [6.07, 6.45) is 12.2. The van der Waals surface area contributed by atoms with Crippen LogP contribution >= 0.6 is 0 Å². The quantitative estimate of drug-likeness (QED) is 0.0653. The van der Waals surface area contributed by atoms with Crippen molar-refractivity contribution in [1.29, 1.82) is 0 Å². The topological polar surface area (TPSA) is 257 Å². The van der Waals surface area contributed by atoms with E-state index in [0.717, 1.165) is 116 Å². The molecule has 410 valence electrons. The number of aliphatic carboxylic acids is 3. The van der Waals surface area contributed by atoms with E-state index in [1.54, 1.807) is 36.4 Å². The fraction of sp³-hybridized carbons (Fsp3) is 0.611. The molecule has 73 heavy (non-hydrogen) atoms. The Morgan fingerprint density at radius 2 is 0.699 bits per heavy atom. The zero-order chi connectivity index (χ0) is 53.4. The number of hydrogen-bond donors (Lipinski definition) is 4. The lowest BCUT2D eigenvalue weighted by Crippen LogP contribution is -2.57. The van der Waals surface area contributed by atoms with Crippen molar-refractivity contribution in [3.8, 4) is 34.5 Å². The van der Waals surface area contributed by atoms with Crippen LogP contribution in [0.25, 0.3) is 0 Å². The van der Waals surface area contributed by atoms with Crippen LogP contribution in [0.1, 0.15) is 111 Å². The standard InChI is InChI=1S/3C16H25NO3.C6H8O7/c3*1-2-3-4-5-10-17(11-13-19-14-12-17)20-16-8-6-15(18)7-9-16;7-3(8)1-6(13,5(11)12)2-4(9)10/h3*6-9H,2-5,10-14H2,1H3;13H,1-2H2,(H,7,8)(H,9,10)(H,11,12). The van der Waals surface area contributed by atoms with Gasteiger partial charge in [-0.1, -0.05) is 59.3 Å². The number of carboxylic acids is 3. The minimum Gasteiger partial charge on any atom is -0.550 e. The highest BCUT2D eigenvalue weighted by Crippen LogP contribution is 2.26. The number of carbonyl (C=O) groups is 3. The van der Waals surface area contributed by atoms with Crippen LogP contribution < -0.4 is 29.8 Å². The summed E-state index contributed by atoms with van der Waals surface area (Å²) in [5, 5.41) is 67.0. The smallest absolute Gasteiger partial charge is 0.190 e. The Labute approximate surface area is 431 Å². The third kappa shape index (κ3) is 24.5. The number of aliphatic hydroxyl groups is 1. The van der Waals surface area contributed by atoms with Gasteiger partial charge >= 0.3 is 0 Å². The van der Waals surface area contributed by atoms with E-state index < -0.39 is 36.4 Å². The summed E-state index contributed by atoms with van der Waals surface area (Å²) in [7, 11) is 0. The predicted octanol–water partition coefficient (Wildman–Crippen LogP) is 4.09. The molecule has 3 aliphatic rings. The van der Waals surface area contributed by atoms with Crippen molar-refractivity contribution >= 4 is 17.9 Å². The number of aromatic hydroxyl groups is 3. The Morgan fingerprint density at radius 1 is 0.452 bits per heavy atom. The second kappa shape index (κ2) is 33.4. The summed E-state index contributed by atoms with van der Waals surface area (Å²) in [5.74, 6) is -2.71. The van der Waals surface area contributed by atoms with Gasteiger partial charge in [0.15, 0.2) is 17.2 Å². The van der Waals surface area contributed by atoms with E-state index in [2.05, 4.69) is 20.8 Å². The summed E-state index contributed by atoms with van der Waals surface area (Å²) in [6.45, 7) is 19.7. The van der Waals surface area contributed by atoms with Gasteiger partial charge in [-0.05, 0) is 92.1 Å². The Hall–Kier alpha value is -5.41. The number of phenols is 3. The number of morpholine rings is 3. The molecule has 0 amide bonds. The molecule has 0 unspecified atom stereocenters. The molecule has 6 rings (SSSR count). The summed E-state index contributed by atoms with van der Waals surface area (Å²) in [5.41, 5.74) is -2.97. The number of carbonyl (C=O) groups excluding carboxylic acids is 3. The van der Waals surface area contributed by atoms with E-state index in [1.807, 2.05) is 36.4 Å². The van der Waals surface area contributed by atoms with E-state index >= 15 is 0 Å². The number of quaternary nitrogens is 3. The number of hydrogen-bond acceptors (Lipinski definition) is 16. The van der Waals surface area contributed by atoms with Crippen LogP contribution in [-0.2, 0) is 28.6 Å². The molecular weight excluding hydrogens is 947 g/mol. The van der Waals surface area contributed by atoms with Crippen molar-refractivity contribution in [1.82, 2.24) is 0 Å². The average molecular weight is 1030 g/mol. The first-order valence-corrected chi connectivity index (χ1v) is 26.1. The van der Waals surface area contributed by atoms with E-state index in [0.29, 0.717) is 13.9 Å². The summed E-state index contributed by atoms with van der Waals surface area (Å²) < 4.78 is 18.4. The largest absolute Gasteiger partial charge is 0.550 e. The van der Waals surface area contributed by atoms with Crippen LogP contribution in [0.3, 0.4) is 0 Å². The van der Waals surface area contributed by atoms with Gasteiger partial charge in [0.05, 0.1) is 45.6 Å². The minimum atomic E-state index is -2.97. The van der Waals surface area contributed by atoms with E-state index in [9.17, 15) is 45.0 Å². The summed E-state index contributed by atoms with van der Waals surface area (Å²) in [6, 6.07) is 21.0. The maximum Gasteiger partial charge on any atom is 0.190 e. The molecule has 0 bridgehead atoms. The number of unbranched alkanes of at least 4 members (excludes halogenated alkanes) is 9. The van der Waals surface area contributed by atoms with E-state index in [1.165, 1.54) is 77.0 Å². The van der Waals surface area contributed by atoms with Crippen molar-refractivity contribution in [2.75, 3.05) is 98.5 Å². The maximum absolute atomic E-state index is 10.1. The fourth-order valence-corrected chi connectivity index (χ4v) is 8.47. The predicted molar refractivity (Wildman–Crippen MR) is 265 cm³/mol. The van der Waals surface area contributed by atoms with Gasteiger partial charge in [-0.25, -0.2) is 0 Å². The highest BCUT2D eigenvalue weighted by Gasteiger charge is 2.36. The van der Waals surface area contributed by atoms with Crippen LogP contribution in [0, 0.1) is 0 Å². The average Bonchev–Trinajstić information content (AvgIpc) is 3.36. The van der Waals surface area contributed by atoms with Crippen molar-refractivity contribution in [3.05, 3.63) is 72.8 Å². The van der Waals surface area contributed by atoms with Gasteiger partial charge in [0.1, 0.15) is 81.8 Å². The van der Waals surface area contributed by atoms with Crippen molar-refractivity contribution in [2.45, 2.75) is 116 Å². The van der Waals surface area contributed by atoms with Gasteiger partial charge in [-0.2, -0.15) is 0 Å². The van der Waals surface area contributed by atoms with Gasteiger partial charge in [0, 0.05) is 44.0 Å². The first kappa shape index (κ1) is 61.9. The Bertz CT molecular complexity index is 1770. The van der Waals surface area contributed by atoms with Gasteiger partial charge in [0.2, 0.25) is 0 Å². The first-order chi connectivity index (χ1) is 35.0. The van der Waals surface area contributed by atoms with Gasteiger partial charge in [0.25, 0.3) is 0 Å². The molecule has 19 heteroatoms. The first-order valence-electron chi connectivity index (χ1n) is 26.1. The zero-order valence-corrected chi connectivity index (χ0v) is 43.5. The van der Waals surface area contributed by atoms with Crippen LogP contribution in [-0.4, -0.2) is 156 Å². The lowest BCUT2D eigenvalue weighted by molar-refractivity contribution is -1.08. The molecule has 0 saturated carbocycles. The van der Waals surface area contributed by atoms with Gasteiger partial charge < -0.3 is 78.9 Å². The van der Waals surface area contributed by atoms with Crippen LogP contribution in [0.2, 0.25) is 0 Å². The molecule has 3 aliphatic heterocycles. The molecule has 3 aromatic carbocycles. The number of carboxylic acid groups (broad SMARTS) is 3. The van der Waals surface area contributed by atoms with Crippen LogP contribution in [0.4, 0.5) is 0 Å². The SMILES string of the molecule is CCCCCC[N+]1(Oc2ccc(O)cc2)CCOCC1.CCCCCC[N+]1(Oc2ccc(O)cc2)CCOCC1.CCCCCC[N+]1(Oc2ccc(O)cc2)CCOCC1.O=C([O-])CC(O)(CC(=O)[O-])C(=O)[O-]. The van der Waals surface area contributed by atoms with Crippen LogP contribution in [0.5, 0.6) is 34.5 Å². The molecule has 0 spiro atoms. The molecule has 19 nitrogen and oxygen atoms in total. The third-order valence-electron chi connectivity index (χ3n) is 12.8. The molecule has 3 aromatic rings. The number of hydroxylamine groups is 9. The molecule has 3 heterocycles. The van der Waals surface area contributed by atoms with Gasteiger partial charge in [-0.15, -0.1) is 13.9 Å². The summed E-state index contributed by atoms with van der Waals surface area (Å²) in [4.78, 5) is 48.7.